The Morgan fingerprint density at radius 2 is 1.84 bits per heavy atom. The summed E-state index contributed by atoms with van der Waals surface area (Å²) in [7, 11) is 0. The van der Waals surface area contributed by atoms with Gasteiger partial charge in [0.2, 0.25) is 0 Å². The Hall–Kier alpha value is -2.60. The number of pyridine rings is 1. The van der Waals surface area contributed by atoms with Crippen LogP contribution in [-0.2, 0) is 18.7 Å². The van der Waals surface area contributed by atoms with Crippen molar-refractivity contribution < 1.29 is 0 Å². The maximum atomic E-state index is 4.64. The fraction of sp³-hybridized carbons (Fsp3) is 0.211. The second-order valence-corrected chi connectivity index (χ2v) is 6.73. The van der Waals surface area contributed by atoms with Crippen LogP contribution in [0.5, 0.6) is 0 Å². The van der Waals surface area contributed by atoms with Gasteiger partial charge in [0.1, 0.15) is 11.5 Å². The maximum Gasteiger partial charge on any atom is 0.191 e. The number of imidazole rings is 1. The van der Waals surface area contributed by atoms with E-state index in [1.54, 1.807) is 11.8 Å². The summed E-state index contributed by atoms with van der Waals surface area (Å²) in [5.41, 5.74) is 3.27. The molecule has 3 aromatic heterocycles. The number of thioether (sulfide) groups is 1. The van der Waals surface area contributed by atoms with Crippen molar-refractivity contribution in [1.29, 1.82) is 0 Å². The third-order valence-corrected chi connectivity index (χ3v) is 5.08. The predicted octanol–water partition coefficient (Wildman–Crippen LogP) is 3.83. The van der Waals surface area contributed by atoms with E-state index in [2.05, 4.69) is 57.1 Å². The van der Waals surface area contributed by atoms with Gasteiger partial charge in [-0.25, -0.2) is 4.98 Å². The smallest absolute Gasteiger partial charge is 0.191 e. The summed E-state index contributed by atoms with van der Waals surface area (Å²) in [4.78, 5) is 4.64. The first-order chi connectivity index (χ1) is 12.3. The maximum absolute atomic E-state index is 4.64. The lowest BCUT2D eigenvalue weighted by Gasteiger charge is -2.06. The molecule has 6 heteroatoms. The molecular formula is C19H19N5S. The summed E-state index contributed by atoms with van der Waals surface area (Å²) in [6, 6.07) is 16.4. The van der Waals surface area contributed by atoms with E-state index in [0.29, 0.717) is 0 Å². The Kier molecular flexibility index (Phi) is 4.52. The lowest BCUT2D eigenvalue weighted by Crippen LogP contribution is -2.04. The van der Waals surface area contributed by atoms with E-state index in [9.17, 15) is 0 Å². The molecule has 0 spiro atoms. The van der Waals surface area contributed by atoms with E-state index in [1.807, 2.05) is 34.9 Å². The van der Waals surface area contributed by atoms with Crippen molar-refractivity contribution in [3.8, 4) is 0 Å². The van der Waals surface area contributed by atoms with Gasteiger partial charge < -0.3 is 8.97 Å². The van der Waals surface area contributed by atoms with Gasteiger partial charge >= 0.3 is 0 Å². The average molecular weight is 349 g/mol. The lowest BCUT2D eigenvalue weighted by molar-refractivity contribution is 0.651. The highest BCUT2D eigenvalue weighted by molar-refractivity contribution is 7.98. The van der Waals surface area contributed by atoms with Crippen LogP contribution in [0.25, 0.3) is 5.65 Å². The molecule has 0 radical (unpaired) electrons. The van der Waals surface area contributed by atoms with E-state index >= 15 is 0 Å². The Morgan fingerprint density at radius 3 is 2.64 bits per heavy atom. The van der Waals surface area contributed by atoms with Crippen LogP contribution < -0.4 is 0 Å². The quantitative estimate of drug-likeness (QED) is 0.496. The van der Waals surface area contributed by atoms with Crippen LogP contribution in [0.3, 0.4) is 0 Å². The SMILES string of the molecule is CCn1c(Cc2ccccc2)nnc1SCc1cn2ccccc2n1. The highest BCUT2D eigenvalue weighted by Gasteiger charge is 2.12. The molecule has 0 fully saturated rings. The monoisotopic (exact) mass is 349 g/mol. The molecule has 1 aromatic carbocycles. The molecule has 0 saturated heterocycles. The van der Waals surface area contributed by atoms with Crippen molar-refractivity contribution in [1.82, 2.24) is 24.1 Å². The molecule has 25 heavy (non-hydrogen) atoms. The number of aromatic nitrogens is 5. The highest BCUT2D eigenvalue weighted by atomic mass is 32.2. The molecule has 126 valence electrons. The zero-order valence-electron chi connectivity index (χ0n) is 14.0. The Morgan fingerprint density at radius 1 is 1.00 bits per heavy atom. The van der Waals surface area contributed by atoms with E-state index in [-0.39, 0.29) is 0 Å². The molecule has 0 atom stereocenters. The van der Waals surface area contributed by atoms with Crippen LogP contribution in [0.2, 0.25) is 0 Å². The van der Waals surface area contributed by atoms with Gasteiger partial charge in [-0.3, -0.25) is 0 Å². The average Bonchev–Trinajstić information content (AvgIpc) is 3.23. The molecule has 0 aliphatic carbocycles. The molecule has 0 N–H and O–H groups in total. The van der Waals surface area contributed by atoms with Gasteiger partial charge in [-0.15, -0.1) is 10.2 Å². The van der Waals surface area contributed by atoms with Crippen LogP contribution in [0.4, 0.5) is 0 Å². The van der Waals surface area contributed by atoms with E-state index in [1.165, 1.54) is 5.56 Å². The van der Waals surface area contributed by atoms with Crippen molar-refractivity contribution in [2.45, 2.75) is 30.8 Å². The first-order valence-corrected chi connectivity index (χ1v) is 9.33. The van der Waals surface area contributed by atoms with Gasteiger partial charge in [0.05, 0.1) is 5.69 Å². The van der Waals surface area contributed by atoms with E-state index in [4.69, 9.17) is 0 Å². The molecule has 3 heterocycles. The van der Waals surface area contributed by atoms with Gasteiger partial charge in [-0.2, -0.15) is 0 Å². The molecule has 0 bridgehead atoms. The molecule has 0 unspecified atom stereocenters. The van der Waals surface area contributed by atoms with Gasteiger partial charge in [0.15, 0.2) is 5.16 Å². The first-order valence-electron chi connectivity index (χ1n) is 8.35. The van der Waals surface area contributed by atoms with Crippen LogP contribution in [0.15, 0.2) is 66.1 Å². The molecule has 0 saturated carbocycles. The fourth-order valence-corrected chi connectivity index (χ4v) is 3.75. The van der Waals surface area contributed by atoms with Gasteiger partial charge in [0, 0.05) is 31.1 Å². The second-order valence-electron chi connectivity index (χ2n) is 5.79. The summed E-state index contributed by atoms with van der Waals surface area (Å²) in [5.74, 6) is 1.79. The van der Waals surface area contributed by atoms with Crippen molar-refractivity contribution in [2.24, 2.45) is 0 Å². The van der Waals surface area contributed by atoms with Crippen molar-refractivity contribution in [3.63, 3.8) is 0 Å². The van der Waals surface area contributed by atoms with E-state index in [0.717, 1.165) is 41.0 Å². The summed E-state index contributed by atoms with van der Waals surface area (Å²) in [6.07, 6.45) is 4.89. The fourth-order valence-electron chi connectivity index (χ4n) is 2.85. The first kappa shape index (κ1) is 15.9. The molecule has 5 nitrogen and oxygen atoms in total. The van der Waals surface area contributed by atoms with Crippen LogP contribution in [0, 0.1) is 0 Å². The standard InChI is InChI=1S/C19H19N5S/c1-2-24-18(12-15-8-4-3-5-9-15)21-22-19(24)25-14-16-13-23-11-7-6-10-17(23)20-16/h3-11,13H,2,12,14H2,1H3. The van der Waals surface area contributed by atoms with E-state index < -0.39 is 0 Å². The summed E-state index contributed by atoms with van der Waals surface area (Å²) in [6.45, 7) is 3.00. The Balaban J connectivity index is 1.50. The zero-order valence-corrected chi connectivity index (χ0v) is 14.9. The molecule has 0 aliphatic heterocycles. The number of rotatable bonds is 6. The zero-order chi connectivity index (χ0) is 17.1. The topological polar surface area (TPSA) is 48.0 Å². The number of nitrogens with zero attached hydrogens (tertiary/aromatic N) is 5. The Bertz CT molecular complexity index is 941. The van der Waals surface area contributed by atoms with Gasteiger partial charge in [-0.05, 0) is 24.6 Å². The minimum atomic E-state index is 0.783. The minimum Gasteiger partial charge on any atom is -0.307 e. The largest absolute Gasteiger partial charge is 0.307 e. The predicted molar refractivity (Wildman–Crippen MR) is 99.7 cm³/mol. The van der Waals surface area contributed by atoms with Gasteiger partial charge in [0.25, 0.3) is 0 Å². The number of hydrogen-bond donors (Lipinski definition) is 0. The van der Waals surface area contributed by atoms with Crippen molar-refractivity contribution in [3.05, 3.63) is 78.0 Å². The van der Waals surface area contributed by atoms with Crippen LogP contribution in [-0.4, -0.2) is 24.1 Å². The molecule has 4 aromatic rings. The third kappa shape index (κ3) is 3.44. The third-order valence-electron chi connectivity index (χ3n) is 4.08. The van der Waals surface area contributed by atoms with Crippen LogP contribution >= 0.6 is 11.8 Å². The van der Waals surface area contributed by atoms with Crippen molar-refractivity contribution in [2.75, 3.05) is 0 Å². The minimum absolute atomic E-state index is 0.783. The summed E-state index contributed by atoms with van der Waals surface area (Å²) >= 11 is 1.68. The van der Waals surface area contributed by atoms with Crippen molar-refractivity contribution >= 4 is 17.4 Å². The summed E-state index contributed by atoms with van der Waals surface area (Å²) < 4.78 is 4.23. The van der Waals surface area contributed by atoms with Crippen LogP contribution in [0.1, 0.15) is 24.0 Å². The molecule has 4 rings (SSSR count). The van der Waals surface area contributed by atoms with Gasteiger partial charge in [-0.1, -0.05) is 48.2 Å². The number of hydrogen-bond acceptors (Lipinski definition) is 4. The lowest BCUT2D eigenvalue weighted by atomic mass is 10.1. The number of benzene rings is 1. The molecule has 0 amide bonds. The molecule has 0 aliphatic rings. The normalized spacial score (nSPS) is 11.2. The second kappa shape index (κ2) is 7.11. The number of fused-ring (bicyclic) bond motifs is 1. The summed E-state index contributed by atoms with van der Waals surface area (Å²) in [5, 5.41) is 9.75. The highest BCUT2D eigenvalue weighted by Crippen LogP contribution is 2.22. The Labute approximate surface area is 150 Å². The molecular weight excluding hydrogens is 330 g/mol.